The van der Waals surface area contributed by atoms with Crippen LogP contribution in [0.15, 0.2) is 6.07 Å². The van der Waals surface area contributed by atoms with Crippen LogP contribution in [0.3, 0.4) is 0 Å². The smallest absolute Gasteiger partial charge is 0.367 e. The fraction of sp³-hybridized carbons (Fsp3) is 0.810. The highest BCUT2D eigenvalue weighted by Crippen LogP contribution is 2.42. The van der Waals surface area contributed by atoms with Crippen molar-refractivity contribution in [1.29, 1.82) is 0 Å². The Morgan fingerprint density at radius 1 is 1.24 bits per heavy atom. The van der Waals surface area contributed by atoms with E-state index < -0.39 is 12.2 Å². The number of nitrogens with zero attached hydrogens (tertiary/aromatic N) is 3. The second kappa shape index (κ2) is 8.19. The number of hydrogen-bond acceptors (Lipinski definition) is 3. The molecule has 0 unspecified atom stereocenters. The highest BCUT2D eigenvalue weighted by Gasteiger charge is 2.47. The monoisotopic (exact) mass is 412 g/mol. The van der Waals surface area contributed by atoms with Crippen molar-refractivity contribution in [3.63, 3.8) is 0 Å². The Bertz CT molecular complexity index is 726. The number of piperidine rings is 1. The number of aryl methyl sites for hydroxylation is 1. The van der Waals surface area contributed by atoms with E-state index in [4.69, 9.17) is 0 Å². The van der Waals surface area contributed by atoms with Crippen LogP contribution in [0.5, 0.6) is 0 Å². The molecular weight excluding hydrogens is 381 g/mol. The number of aromatic nitrogens is 2. The maximum absolute atomic E-state index is 13.7. The van der Waals surface area contributed by atoms with E-state index in [0.717, 1.165) is 30.5 Å². The fourth-order valence-electron chi connectivity index (χ4n) is 5.38. The predicted molar refractivity (Wildman–Crippen MR) is 105 cm³/mol. The van der Waals surface area contributed by atoms with Crippen molar-refractivity contribution < 1.29 is 18.0 Å². The Morgan fingerprint density at radius 2 is 2.00 bits per heavy atom. The average molecular weight is 413 g/mol. The van der Waals surface area contributed by atoms with Crippen molar-refractivity contribution in [3.8, 4) is 0 Å². The van der Waals surface area contributed by atoms with Gasteiger partial charge in [0.2, 0.25) is 5.91 Å². The Hall–Kier alpha value is -1.73. The van der Waals surface area contributed by atoms with Gasteiger partial charge in [-0.2, -0.15) is 18.3 Å². The summed E-state index contributed by atoms with van der Waals surface area (Å²) in [7, 11) is 0. The van der Waals surface area contributed by atoms with Crippen molar-refractivity contribution in [2.24, 2.45) is 11.8 Å². The van der Waals surface area contributed by atoms with E-state index in [-0.39, 0.29) is 24.3 Å². The molecule has 8 heteroatoms. The minimum atomic E-state index is -4.33. The molecule has 2 aliphatic heterocycles. The normalized spacial score (nSPS) is 28.3. The Kier molecular flexibility index (Phi) is 5.80. The van der Waals surface area contributed by atoms with Crippen LogP contribution in [0.4, 0.5) is 19.0 Å². The number of nitrogens with one attached hydrogen (secondary N) is 1. The van der Waals surface area contributed by atoms with Gasteiger partial charge >= 0.3 is 6.18 Å². The van der Waals surface area contributed by atoms with E-state index in [2.05, 4.69) is 10.4 Å². The lowest BCUT2D eigenvalue weighted by Gasteiger charge is -2.41. The zero-order valence-corrected chi connectivity index (χ0v) is 17.0. The first-order valence-corrected chi connectivity index (χ1v) is 11.0. The number of anilines is 1. The van der Waals surface area contributed by atoms with Gasteiger partial charge in [-0.05, 0) is 44.4 Å². The molecule has 162 valence electrons. The summed E-state index contributed by atoms with van der Waals surface area (Å²) >= 11 is 0. The standard InChI is InChI=1S/C21H31F3N4O/c1-14-11-19-25-17(12-18(21(22,23)24)28(19)26-14)16-7-4-10-27(13-16)20(29)9-8-15-5-2-3-6-15/h11,15-18,25H,2-10,12-13H2,1H3/t16-,17-,18+/m0/s1. The van der Waals surface area contributed by atoms with E-state index in [1.807, 2.05) is 4.90 Å². The molecule has 4 rings (SSSR count). The zero-order valence-electron chi connectivity index (χ0n) is 17.0. The van der Waals surface area contributed by atoms with Crippen molar-refractivity contribution in [3.05, 3.63) is 11.8 Å². The molecule has 1 aromatic rings. The average Bonchev–Trinajstić information content (AvgIpc) is 3.32. The van der Waals surface area contributed by atoms with Gasteiger partial charge in [-0.3, -0.25) is 4.79 Å². The van der Waals surface area contributed by atoms with Crippen LogP contribution in [0, 0.1) is 18.8 Å². The predicted octanol–water partition coefficient (Wildman–Crippen LogP) is 4.69. The van der Waals surface area contributed by atoms with Gasteiger partial charge in [0.1, 0.15) is 5.82 Å². The first kappa shape index (κ1) is 20.5. The third-order valence-corrected chi connectivity index (χ3v) is 6.96. The first-order valence-electron chi connectivity index (χ1n) is 11.0. The third kappa shape index (κ3) is 4.56. The molecule has 1 N–H and O–H groups in total. The topological polar surface area (TPSA) is 50.2 Å². The molecular formula is C21H31F3N4O. The summed E-state index contributed by atoms with van der Waals surface area (Å²) in [5.41, 5.74) is 0.578. The van der Waals surface area contributed by atoms with Gasteiger partial charge in [-0.25, -0.2) is 4.68 Å². The molecule has 1 saturated heterocycles. The summed E-state index contributed by atoms with van der Waals surface area (Å²) in [6.45, 7) is 2.99. The molecule has 2 fully saturated rings. The van der Waals surface area contributed by atoms with Crippen molar-refractivity contribution in [2.45, 2.75) is 83.0 Å². The number of carbonyl (C=O) groups is 1. The Labute approximate surface area is 170 Å². The van der Waals surface area contributed by atoms with Crippen LogP contribution in [-0.2, 0) is 4.79 Å². The lowest BCUT2D eigenvalue weighted by Crippen LogP contribution is -2.49. The molecule has 0 bridgehead atoms. The van der Waals surface area contributed by atoms with Crippen LogP contribution in [0.2, 0.25) is 0 Å². The quantitative estimate of drug-likeness (QED) is 0.781. The third-order valence-electron chi connectivity index (χ3n) is 6.96. The highest BCUT2D eigenvalue weighted by molar-refractivity contribution is 5.76. The van der Waals surface area contributed by atoms with Crippen LogP contribution < -0.4 is 5.32 Å². The summed E-state index contributed by atoms with van der Waals surface area (Å²) in [4.78, 5) is 14.6. The summed E-state index contributed by atoms with van der Waals surface area (Å²) < 4.78 is 42.1. The number of carbonyl (C=O) groups excluding carboxylic acids is 1. The van der Waals surface area contributed by atoms with Gasteiger partial charge < -0.3 is 10.2 Å². The molecule has 0 radical (unpaired) electrons. The number of alkyl halides is 3. The largest absolute Gasteiger partial charge is 0.410 e. The minimum absolute atomic E-state index is 0.0352. The Balaban J connectivity index is 1.40. The minimum Gasteiger partial charge on any atom is -0.367 e. The molecule has 3 aliphatic rings. The maximum Gasteiger partial charge on any atom is 0.410 e. The number of rotatable bonds is 4. The summed E-state index contributed by atoms with van der Waals surface area (Å²) in [6.07, 6.45) is 3.87. The number of halogens is 3. The number of amides is 1. The second-order valence-corrected chi connectivity index (χ2v) is 9.09. The molecule has 0 aromatic carbocycles. The summed E-state index contributed by atoms with van der Waals surface area (Å²) in [6, 6.07) is -0.223. The van der Waals surface area contributed by atoms with E-state index in [9.17, 15) is 18.0 Å². The maximum atomic E-state index is 13.7. The van der Waals surface area contributed by atoms with Crippen molar-refractivity contribution >= 4 is 11.7 Å². The van der Waals surface area contributed by atoms with Crippen LogP contribution in [-0.4, -0.2) is 45.9 Å². The van der Waals surface area contributed by atoms with Crippen molar-refractivity contribution in [1.82, 2.24) is 14.7 Å². The molecule has 3 atom stereocenters. The van der Waals surface area contributed by atoms with Crippen molar-refractivity contribution in [2.75, 3.05) is 18.4 Å². The van der Waals surface area contributed by atoms with E-state index >= 15 is 0 Å². The number of fused-ring (bicyclic) bond motifs is 1. The van der Waals surface area contributed by atoms with E-state index in [1.54, 1.807) is 13.0 Å². The molecule has 3 heterocycles. The molecule has 1 saturated carbocycles. The molecule has 1 aliphatic carbocycles. The van der Waals surface area contributed by atoms with E-state index in [1.165, 1.54) is 25.7 Å². The highest BCUT2D eigenvalue weighted by atomic mass is 19.4. The van der Waals surface area contributed by atoms with Gasteiger partial charge in [-0.15, -0.1) is 0 Å². The van der Waals surface area contributed by atoms with Crippen LogP contribution in [0.1, 0.15) is 69.5 Å². The van der Waals surface area contributed by atoms with Gasteiger partial charge in [0, 0.05) is 31.6 Å². The van der Waals surface area contributed by atoms with E-state index in [0.29, 0.717) is 30.4 Å². The van der Waals surface area contributed by atoms with Gasteiger partial charge in [0.05, 0.1) is 5.69 Å². The molecule has 5 nitrogen and oxygen atoms in total. The van der Waals surface area contributed by atoms with Crippen LogP contribution in [0.25, 0.3) is 0 Å². The SMILES string of the molecule is Cc1cc2n(n1)[C@@H](C(F)(F)F)C[C@@H]([C@H]1CCCN(C(=O)CCC3CCCC3)C1)N2. The summed E-state index contributed by atoms with van der Waals surface area (Å²) in [5.74, 6) is 1.32. The lowest BCUT2D eigenvalue weighted by molar-refractivity contribution is -0.175. The second-order valence-electron chi connectivity index (χ2n) is 9.09. The van der Waals surface area contributed by atoms with Crippen LogP contribution >= 0.6 is 0 Å². The zero-order chi connectivity index (χ0) is 20.6. The molecule has 0 spiro atoms. The van der Waals surface area contributed by atoms with Gasteiger partial charge in [0.15, 0.2) is 6.04 Å². The number of hydrogen-bond donors (Lipinski definition) is 1. The Morgan fingerprint density at radius 3 is 2.72 bits per heavy atom. The molecule has 1 aromatic heterocycles. The lowest BCUT2D eigenvalue weighted by atomic mass is 9.85. The number of likely N-dealkylation sites (tertiary alicyclic amines) is 1. The first-order chi connectivity index (χ1) is 13.8. The van der Waals surface area contributed by atoms with Gasteiger partial charge in [-0.1, -0.05) is 25.7 Å². The fourth-order valence-corrected chi connectivity index (χ4v) is 5.38. The molecule has 29 heavy (non-hydrogen) atoms. The molecule has 1 amide bonds. The van der Waals surface area contributed by atoms with Gasteiger partial charge in [0.25, 0.3) is 0 Å². The summed E-state index contributed by atoms with van der Waals surface area (Å²) in [5, 5.41) is 7.34.